The van der Waals surface area contributed by atoms with Crippen LogP contribution in [0.2, 0.25) is 0 Å². The smallest absolute Gasteiger partial charge is 0.251 e. The number of amides is 1. The Morgan fingerprint density at radius 2 is 1.87 bits per heavy atom. The van der Waals surface area contributed by atoms with Crippen molar-refractivity contribution in [3.63, 3.8) is 0 Å². The summed E-state index contributed by atoms with van der Waals surface area (Å²) in [7, 11) is 0. The molecular formula is C11H15NO3. The zero-order valence-corrected chi connectivity index (χ0v) is 8.66. The zero-order chi connectivity index (χ0) is 11.3. The van der Waals surface area contributed by atoms with E-state index in [0.29, 0.717) is 6.54 Å². The van der Waals surface area contributed by atoms with Gasteiger partial charge in [0.25, 0.3) is 5.91 Å². The maximum atomic E-state index is 11.5. The molecule has 1 aromatic carbocycles. The van der Waals surface area contributed by atoms with E-state index in [1.807, 2.05) is 6.92 Å². The van der Waals surface area contributed by atoms with E-state index in [9.17, 15) is 15.0 Å². The number of aromatic hydroxyl groups is 2. The summed E-state index contributed by atoms with van der Waals surface area (Å²) in [5, 5.41) is 21.0. The zero-order valence-electron chi connectivity index (χ0n) is 8.66. The molecule has 1 rings (SSSR count). The minimum atomic E-state index is -0.283. The monoisotopic (exact) mass is 209 g/mol. The first-order chi connectivity index (χ1) is 7.13. The molecule has 82 valence electrons. The molecule has 0 saturated carbocycles. The summed E-state index contributed by atoms with van der Waals surface area (Å²) in [5.74, 6) is -0.513. The van der Waals surface area contributed by atoms with Crippen molar-refractivity contribution < 1.29 is 15.0 Å². The van der Waals surface area contributed by atoms with Gasteiger partial charge in [0.2, 0.25) is 0 Å². The van der Waals surface area contributed by atoms with Crippen LogP contribution in [0.25, 0.3) is 0 Å². The minimum absolute atomic E-state index is 0.115. The van der Waals surface area contributed by atoms with Crippen molar-refractivity contribution in [3.05, 3.63) is 23.8 Å². The van der Waals surface area contributed by atoms with Gasteiger partial charge in [-0.3, -0.25) is 4.79 Å². The van der Waals surface area contributed by atoms with Gasteiger partial charge in [-0.1, -0.05) is 13.3 Å². The molecule has 4 heteroatoms. The maximum Gasteiger partial charge on any atom is 0.251 e. The topological polar surface area (TPSA) is 69.6 Å². The van der Waals surface area contributed by atoms with E-state index in [0.717, 1.165) is 12.8 Å². The molecule has 0 radical (unpaired) electrons. The molecule has 0 bridgehead atoms. The van der Waals surface area contributed by atoms with Crippen LogP contribution in [0.15, 0.2) is 18.2 Å². The third-order valence-corrected chi connectivity index (χ3v) is 1.98. The van der Waals surface area contributed by atoms with Gasteiger partial charge in [-0.15, -0.1) is 0 Å². The molecule has 1 amide bonds. The van der Waals surface area contributed by atoms with Crippen molar-refractivity contribution in [3.8, 4) is 11.5 Å². The highest BCUT2D eigenvalue weighted by molar-refractivity contribution is 5.94. The minimum Gasteiger partial charge on any atom is -0.508 e. The molecule has 3 N–H and O–H groups in total. The van der Waals surface area contributed by atoms with E-state index in [-0.39, 0.29) is 23.0 Å². The van der Waals surface area contributed by atoms with Crippen LogP contribution < -0.4 is 5.32 Å². The van der Waals surface area contributed by atoms with Crippen LogP contribution in [0.5, 0.6) is 11.5 Å². The van der Waals surface area contributed by atoms with E-state index in [2.05, 4.69) is 5.32 Å². The molecule has 0 spiro atoms. The molecule has 0 aromatic heterocycles. The molecule has 4 nitrogen and oxygen atoms in total. The fourth-order valence-electron chi connectivity index (χ4n) is 1.21. The molecule has 0 fully saturated rings. The first-order valence-electron chi connectivity index (χ1n) is 4.94. The van der Waals surface area contributed by atoms with Gasteiger partial charge >= 0.3 is 0 Å². The lowest BCUT2D eigenvalue weighted by molar-refractivity contribution is 0.0952. The number of phenols is 2. The van der Waals surface area contributed by atoms with Gasteiger partial charge in [0, 0.05) is 18.2 Å². The van der Waals surface area contributed by atoms with Gasteiger partial charge in [0.05, 0.1) is 0 Å². The first kappa shape index (κ1) is 11.4. The summed E-state index contributed by atoms with van der Waals surface area (Å²) in [6.07, 6.45) is 1.92. The Morgan fingerprint density at radius 3 is 2.40 bits per heavy atom. The van der Waals surface area contributed by atoms with E-state index in [1.165, 1.54) is 18.2 Å². The number of phenolic OH excluding ortho intramolecular Hbond substituents is 2. The number of unbranched alkanes of at least 4 members (excludes halogenated alkanes) is 1. The lowest BCUT2D eigenvalue weighted by Gasteiger charge is -2.05. The Hall–Kier alpha value is -1.71. The average Bonchev–Trinajstić information content (AvgIpc) is 2.16. The average molecular weight is 209 g/mol. The van der Waals surface area contributed by atoms with E-state index >= 15 is 0 Å². The summed E-state index contributed by atoms with van der Waals surface area (Å²) >= 11 is 0. The van der Waals surface area contributed by atoms with E-state index < -0.39 is 0 Å². The van der Waals surface area contributed by atoms with Crippen molar-refractivity contribution in [2.24, 2.45) is 0 Å². The van der Waals surface area contributed by atoms with Crippen molar-refractivity contribution in [2.45, 2.75) is 19.8 Å². The molecule has 0 aliphatic rings. The van der Waals surface area contributed by atoms with Crippen LogP contribution in [0.1, 0.15) is 30.1 Å². The largest absolute Gasteiger partial charge is 0.508 e. The summed E-state index contributed by atoms with van der Waals surface area (Å²) in [6.45, 7) is 2.64. The molecule has 0 atom stereocenters. The van der Waals surface area contributed by atoms with Crippen LogP contribution >= 0.6 is 0 Å². The molecule has 0 aliphatic heterocycles. The molecule has 0 unspecified atom stereocenters. The molecule has 15 heavy (non-hydrogen) atoms. The highest BCUT2D eigenvalue weighted by Gasteiger charge is 2.07. The van der Waals surface area contributed by atoms with Crippen molar-refractivity contribution in [2.75, 3.05) is 6.54 Å². The van der Waals surface area contributed by atoms with Crippen molar-refractivity contribution in [1.82, 2.24) is 5.32 Å². The molecular weight excluding hydrogens is 194 g/mol. The second kappa shape index (κ2) is 5.24. The van der Waals surface area contributed by atoms with E-state index in [4.69, 9.17) is 0 Å². The second-order valence-corrected chi connectivity index (χ2v) is 3.35. The third kappa shape index (κ3) is 3.50. The Bertz CT molecular complexity index is 329. The lowest BCUT2D eigenvalue weighted by atomic mass is 10.2. The standard InChI is InChI=1S/C11H15NO3/c1-2-3-4-12-11(15)8-5-9(13)7-10(14)6-8/h5-7,13-14H,2-4H2,1H3,(H,12,15). The predicted molar refractivity (Wildman–Crippen MR) is 57.0 cm³/mol. The van der Waals surface area contributed by atoms with Crippen LogP contribution in [0.3, 0.4) is 0 Å². The number of carbonyl (C=O) groups is 1. The highest BCUT2D eigenvalue weighted by atomic mass is 16.3. The molecule has 1 aromatic rings. The van der Waals surface area contributed by atoms with Gasteiger partial charge in [-0.2, -0.15) is 0 Å². The number of rotatable bonds is 4. The fourth-order valence-corrected chi connectivity index (χ4v) is 1.21. The summed E-state index contributed by atoms with van der Waals surface area (Å²) in [4.78, 5) is 11.5. The van der Waals surface area contributed by atoms with Gasteiger partial charge in [0.15, 0.2) is 0 Å². The Kier molecular flexibility index (Phi) is 3.97. The fraction of sp³-hybridized carbons (Fsp3) is 0.364. The quantitative estimate of drug-likeness (QED) is 0.660. The Morgan fingerprint density at radius 1 is 1.27 bits per heavy atom. The van der Waals surface area contributed by atoms with Crippen molar-refractivity contribution >= 4 is 5.91 Å². The summed E-state index contributed by atoms with van der Waals surface area (Å²) in [5.41, 5.74) is 0.267. The van der Waals surface area contributed by atoms with Crippen LogP contribution in [0, 0.1) is 0 Å². The van der Waals surface area contributed by atoms with Crippen LogP contribution in [0.4, 0.5) is 0 Å². The molecule has 0 aliphatic carbocycles. The van der Waals surface area contributed by atoms with Crippen molar-refractivity contribution in [1.29, 1.82) is 0 Å². The number of carbonyl (C=O) groups excluding carboxylic acids is 1. The maximum absolute atomic E-state index is 11.5. The predicted octanol–water partition coefficient (Wildman–Crippen LogP) is 1.63. The second-order valence-electron chi connectivity index (χ2n) is 3.35. The van der Waals surface area contributed by atoms with Gasteiger partial charge in [-0.25, -0.2) is 0 Å². The SMILES string of the molecule is CCCCNC(=O)c1cc(O)cc(O)c1. The normalized spacial score (nSPS) is 9.93. The van der Waals surface area contributed by atoms with Gasteiger partial charge in [-0.05, 0) is 18.6 Å². The first-order valence-corrected chi connectivity index (χ1v) is 4.94. The van der Waals surface area contributed by atoms with Crippen LogP contribution in [-0.2, 0) is 0 Å². The van der Waals surface area contributed by atoms with Gasteiger partial charge < -0.3 is 15.5 Å². The Labute approximate surface area is 88.6 Å². The highest BCUT2D eigenvalue weighted by Crippen LogP contribution is 2.20. The van der Waals surface area contributed by atoms with Crippen LogP contribution in [-0.4, -0.2) is 22.7 Å². The lowest BCUT2D eigenvalue weighted by Crippen LogP contribution is -2.24. The third-order valence-electron chi connectivity index (χ3n) is 1.98. The number of hydrogen-bond acceptors (Lipinski definition) is 3. The van der Waals surface area contributed by atoms with Gasteiger partial charge in [0.1, 0.15) is 11.5 Å². The molecule has 0 heterocycles. The van der Waals surface area contributed by atoms with E-state index in [1.54, 1.807) is 0 Å². The summed E-state index contributed by atoms with van der Waals surface area (Å²) < 4.78 is 0. The molecule has 0 saturated heterocycles. The number of nitrogens with one attached hydrogen (secondary N) is 1. The number of hydrogen-bond donors (Lipinski definition) is 3. The summed E-state index contributed by atoms with van der Waals surface area (Å²) in [6, 6.07) is 3.82. The Balaban J connectivity index is 2.65. The number of benzene rings is 1.